The first-order valence-corrected chi connectivity index (χ1v) is 12.8. The van der Waals surface area contributed by atoms with E-state index < -0.39 is 15.7 Å². The first-order chi connectivity index (χ1) is 15.1. The van der Waals surface area contributed by atoms with Crippen molar-refractivity contribution in [1.29, 1.82) is 0 Å². The van der Waals surface area contributed by atoms with E-state index in [1.807, 2.05) is 38.9 Å². The molecule has 3 rings (SSSR count). The fourth-order valence-corrected chi connectivity index (χ4v) is 5.88. The van der Waals surface area contributed by atoms with Gasteiger partial charge in [-0.15, -0.1) is 0 Å². The third-order valence-electron chi connectivity index (χ3n) is 5.09. The Balaban J connectivity index is 1.82. The maximum atomic E-state index is 13.1. The Morgan fingerprint density at radius 1 is 1.09 bits per heavy atom. The molecule has 0 atom stereocenters. The quantitative estimate of drug-likeness (QED) is 0.432. The van der Waals surface area contributed by atoms with Crippen molar-refractivity contribution in [3.63, 3.8) is 0 Å². The predicted molar refractivity (Wildman–Crippen MR) is 128 cm³/mol. The van der Waals surface area contributed by atoms with Crippen LogP contribution in [0.15, 0.2) is 41.3 Å². The fraction of sp³-hybridized carbons (Fsp3) is 0.391. The smallest absolute Gasteiger partial charge is 0.229 e. The molecule has 2 aromatic carbocycles. The van der Waals surface area contributed by atoms with Crippen molar-refractivity contribution in [3.05, 3.63) is 53.3 Å². The minimum Gasteiger partial charge on any atom is -0.309 e. The number of benzene rings is 2. The number of carbonyl (C=O) groups is 1. The second kappa shape index (κ2) is 10.1. The number of thiazole rings is 1. The second-order valence-corrected chi connectivity index (χ2v) is 11.3. The van der Waals surface area contributed by atoms with Gasteiger partial charge in [0.2, 0.25) is 5.91 Å². The van der Waals surface area contributed by atoms with Crippen LogP contribution in [0.3, 0.4) is 0 Å². The first kappa shape index (κ1) is 24.3. The van der Waals surface area contributed by atoms with Gasteiger partial charge in [0.15, 0.2) is 15.0 Å². The maximum absolute atomic E-state index is 13.1. The topological polar surface area (TPSA) is 70.6 Å². The van der Waals surface area contributed by atoms with Crippen LogP contribution in [0.25, 0.3) is 10.2 Å². The van der Waals surface area contributed by atoms with Crippen molar-refractivity contribution >= 4 is 42.4 Å². The van der Waals surface area contributed by atoms with Crippen molar-refractivity contribution in [2.75, 3.05) is 37.8 Å². The van der Waals surface area contributed by atoms with Gasteiger partial charge >= 0.3 is 0 Å². The lowest BCUT2D eigenvalue weighted by atomic mass is 10.1. The molecule has 0 radical (unpaired) electrons. The molecular formula is C23H28FN3O3S2. The summed E-state index contributed by atoms with van der Waals surface area (Å²) >= 11 is 1.44. The van der Waals surface area contributed by atoms with Crippen molar-refractivity contribution in [2.24, 2.45) is 0 Å². The minimum atomic E-state index is -3.70. The first-order valence-electron chi connectivity index (χ1n) is 10.4. The van der Waals surface area contributed by atoms with E-state index in [0.29, 0.717) is 11.7 Å². The monoisotopic (exact) mass is 477 g/mol. The Bertz CT molecular complexity index is 1210. The van der Waals surface area contributed by atoms with Crippen molar-refractivity contribution in [1.82, 2.24) is 9.88 Å². The van der Waals surface area contributed by atoms with Gasteiger partial charge in [-0.3, -0.25) is 9.69 Å². The van der Waals surface area contributed by atoms with Crippen LogP contribution < -0.4 is 4.90 Å². The zero-order chi connectivity index (χ0) is 23.5. The van der Waals surface area contributed by atoms with Crippen LogP contribution in [0.1, 0.15) is 24.0 Å². The Morgan fingerprint density at radius 2 is 1.78 bits per heavy atom. The number of aryl methyl sites for hydroxylation is 2. The number of amides is 1. The van der Waals surface area contributed by atoms with Crippen molar-refractivity contribution < 1.29 is 17.6 Å². The van der Waals surface area contributed by atoms with Gasteiger partial charge in [-0.2, -0.15) is 0 Å². The van der Waals surface area contributed by atoms with Crippen molar-refractivity contribution in [2.45, 2.75) is 31.6 Å². The van der Waals surface area contributed by atoms with Crippen LogP contribution in [0.4, 0.5) is 9.52 Å². The fourth-order valence-electron chi connectivity index (χ4n) is 3.46. The number of anilines is 1. The SMILES string of the molecule is Cc1cc(C)c2nc(N(CCCN(C)C)C(=O)CCS(=O)(=O)c3ccc(F)cc3)sc2c1. The van der Waals surface area contributed by atoms with Gasteiger partial charge in [0, 0.05) is 13.0 Å². The molecule has 0 N–H and O–H groups in total. The average molecular weight is 478 g/mol. The van der Waals surface area contributed by atoms with Gasteiger partial charge in [0.1, 0.15) is 5.82 Å². The molecule has 1 amide bonds. The summed E-state index contributed by atoms with van der Waals surface area (Å²) in [7, 11) is 0.229. The summed E-state index contributed by atoms with van der Waals surface area (Å²) in [5.41, 5.74) is 3.03. The van der Waals surface area contributed by atoms with E-state index in [-0.39, 0.29) is 23.0 Å². The Hall–Kier alpha value is -2.36. The number of nitrogens with zero attached hydrogens (tertiary/aromatic N) is 3. The van der Waals surface area contributed by atoms with E-state index in [4.69, 9.17) is 4.98 Å². The summed E-state index contributed by atoms with van der Waals surface area (Å²) in [6.07, 6.45) is 0.562. The molecule has 1 aromatic heterocycles. The van der Waals surface area contributed by atoms with Crippen LogP contribution >= 0.6 is 11.3 Å². The molecule has 0 aliphatic carbocycles. The number of rotatable bonds is 9. The van der Waals surface area contributed by atoms with Gasteiger partial charge in [0.05, 0.1) is 20.9 Å². The van der Waals surface area contributed by atoms with Gasteiger partial charge in [-0.05, 0) is 82.4 Å². The number of carbonyl (C=O) groups excluding carboxylic acids is 1. The number of halogens is 1. The number of fused-ring (bicyclic) bond motifs is 1. The maximum Gasteiger partial charge on any atom is 0.229 e. The molecule has 3 aromatic rings. The van der Waals surface area contributed by atoms with E-state index in [1.165, 1.54) is 23.5 Å². The van der Waals surface area contributed by atoms with E-state index in [0.717, 1.165) is 46.4 Å². The summed E-state index contributed by atoms with van der Waals surface area (Å²) in [5, 5.41) is 0.580. The van der Waals surface area contributed by atoms with E-state index in [1.54, 1.807) is 4.90 Å². The lowest BCUT2D eigenvalue weighted by Gasteiger charge is -2.21. The molecule has 0 spiro atoms. The molecule has 0 unspecified atom stereocenters. The molecular weight excluding hydrogens is 449 g/mol. The van der Waals surface area contributed by atoms with Crippen LogP contribution in [-0.2, 0) is 14.6 Å². The summed E-state index contributed by atoms with van der Waals surface area (Å²) in [5.74, 6) is -1.14. The summed E-state index contributed by atoms with van der Waals surface area (Å²) in [6.45, 7) is 5.25. The second-order valence-electron chi connectivity index (χ2n) is 8.15. The van der Waals surface area contributed by atoms with E-state index in [2.05, 4.69) is 6.07 Å². The highest BCUT2D eigenvalue weighted by molar-refractivity contribution is 7.91. The molecule has 0 bridgehead atoms. The molecule has 0 saturated heterocycles. The molecule has 9 heteroatoms. The molecule has 6 nitrogen and oxygen atoms in total. The Labute approximate surface area is 192 Å². The Morgan fingerprint density at radius 3 is 2.44 bits per heavy atom. The normalized spacial score (nSPS) is 11.9. The van der Waals surface area contributed by atoms with Crippen LogP contribution in [0.5, 0.6) is 0 Å². The van der Waals surface area contributed by atoms with Gasteiger partial charge in [0.25, 0.3) is 0 Å². The third kappa shape index (κ3) is 5.90. The highest BCUT2D eigenvalue weighted by Crippen LogP contribution is 2.32. The third-order valence-corrected chi connectivity index (χ3v) is 7.85. The molecule has 172 valence electrons. The summed E-state index contributed by atoms with van der Waals surface area (Å²) < 4.78 is 39.4. The van der Waals surface area contributed by atoms with Crippen molar-refractivity contribution in [3.8, 4) is 0 Å². The lowest BCUT2D eigenvalue weighted by molar-refractivity contribution is -0.118. The highest BCUT2D eigenvalue weighted by atomic mass is 32.2. The molecule has 0 fully saturated rings. The minimum absolute atomic E-state index is 0.0111. The molecule has 0 aliphatic heterocycles. The Kier molecular flexibility index (Phi) is 7.63. The van der Waals surface area contributed by atoms with Gasteiger partial charge in [-0.1, -0.05) is 17.4 Å². The molecule has 1 heterocycles. The van der Waals surface area contributed by atoms with Crippen LogP contribution in [-0.4, -0.2) is 57.1 Å². The number of sulfone groups is 1. The van der Waals surface area contributed by atoms with Gasteiger partial charge in [-0.25, -0.2) is 17.8 Å². The standard InChI is InChI=1S/C23H28FN3O3S2/c1-16-14-17(2)22-20(15-16)31-23(25-22)27(12-5-11-26(3)4)21(28)10-13-32(29,30)19-8-6-18(24)7-9-19/h6-9,14-15H,5,10-13H2,1-4H3. The predicted octanol–water partition coefficient (Wildman–Crippen LogP) is 4.20. The zero-order valence-corrected chi connectivity index (χ0v) is 20.4. The highest BCUT2D eigenvalue weighted by Gasteiger charge is 2.23. The largest absolute Gasteiger partial charge is 0.309 e. The average Bonchev–Trinajstić information content (AvgIpc) is 3.13. The number of hydrogen-bond acceptors (Lipinski definition) is 6. The van der Waals surface area contributed by atoms with E-state index in [9.17, 15) is 17.6 Å². The summed E-state index contributed by atoms with van der Waals surface area (Å²) in [6, 6.07) is 8.76. The lowest BCUT2D eigenvalue weighted by Crippen LogP contribution is -2.34. The molecule has 0 saturated carbocycles. The van der Waals surface area contributed by atoms with E-state index >= 15 is 0 Å². The molecule has 0 aliphatic rings. The number of aromatic nitrogens is 1. The molecule has 32 heavy (non-hydrogen) atoms. The zero-order valence-electron chi connectivity index (χ0n) is 18.8. The number of hydrogen-bond donors (Lipinski definition) is 0. The summed E-state index contributed by atoms with van der Waals surface area (Å²) in [4.78, 5) is 21.5. The van der Waals surface area contributed by atoms with Crippen LogP contribution in [0.2, 0.25) is 0 Å². The van der Waals surface area contributed by atoms with Crippen LogP contribution in [0, 0.1) is 19.7 Å². The van der Waals surface area contributed by atoms with Gasteiger partial charge < -0.3 is 4.90 Å².